The lowest BCUT2D eigenvalue weighted by atomic mass is 9.98. The van der Waals surface area contributed by atoms with Crippen LogP contribution in [0.25, 0.3) is 11.1 Å². The first kappa shape index (κ1) is 25.7. The highest BCUT2D eigenvalue weighted by Gasteiger charge is 2.31. The van der Waals surface area contributed by atoms with Crippen molar-refractivity contribution in [1.82, 2.24) is 10.2 Å². The molecule has 35 heavy (non-hydrogen) atoms. The monoisotopic (exact) mass is 482 g/mol. The summed E-state index contributed by atoms with van der Waals surface area (Å²) in [4.78, 5) is 49.7. The minimum atomic E-state index is -1.11. The average molecular weight is 483 g/mol. The average Bonchev–Trinajstić information content (AvgIpc) is 3.17. The Balaban J connectivity index is 1.66. The van der Waals surface area contributed by atoms with Gasteiger partial charge in [0.2, 0.25) is 5.91 Å². The molecule has 0 aliphatic heterocycles. The van der Waals surface area contributed by atoms with Gasteiger partial charge in [-0.1, -0.05) is 55.5 Å². The number of carbonyl (C=O) groups is 4. The van der Waals surface area contributed by atoms with E-state index in [-0.39, 0.29) is 31.9 Å². The summed E-state index contributed by atoms with van der Waals surface area (Å²) in [6.45, 7) is 1.73. The van der Waals surface area contributed by atoms with Crippen LogP contribution >= 0.6 is 0 Å². The summed E-state index contributed by atoms with van der Waals surface area (Å²) in [6.07, 6.45) is -1.25. The van der Waals surface area contributed by atoms with Gasteiger partial charge in [-0.25, -0.2) is 4.79 Å². The Bertz CT molecular complexity index is 1060. The molecule has 0 radical (unpaired) electrons. The predicted molar refractivity (Wildman–Crippen MR) is 128 cm³/mol. The second-order valence-electron chi connectivity index (χ2n) is 8.60. The molecule has 1 aliphatic carbocycles. The maximum Gasteiger partial charge on any atom is 0.407 e. The van der Waals surface area contributed by atoms with Crippen LogP contribution in [-0.4, -0.2) is 67.3 Å². The summed E-state index contributed by atoms with van der Waals surface area (Å²) in [7, 11) is 2.74. The molecule has 2 unspecified atom stereocenters. The van der Waals surface area contributed by atoms with Gasteiger partial charge in [-0.3, -0.25) is 14.4 Å². The highest BCUT2D eigenvalue weighted by Crippen LogP contribution is 2.44. The summed E-state index contributed by atoms with van der Waals surface area (Å²) in [6, 6.07) is 14.7. The molecule has 0 heterocycles. The smallest absolute Gasteiger partial charge is 0.407 e. The van der Waals surface area contributed by atoms with Crippen LogP contribution in [0.1, 0.15) is 36.8 Å². The maximum absolute atomic E-state index is 12.9. The van der Waals surface area contributed by atoms with E-state index in [1.165, 1.54) is 19.1 Å². The Morgan fingerprint density at radius 1 is 1.03 bits per heavy atom. The first-order valence-corrected chi connectivity index (χ1v) is 11.4. The van der Waals surface area contributed by atoms with Crippen LogP contribution in [0.4, 0.5) is 4.79 Å². The van der Waals surface area contributed by atoms with E-state index >= 15 is 0 Å². The van der Waals surface area contributed by atoms with Crippen molar-refractivity contribution in [2.24, 2.45) is 5.92 Å². The van der Waals surface area contributed by atoms with E-state index in [0.29, 0.717) is 0 Å². The maximum atomic E-state index is 12.9. The Labute approximate surface area is 204 Å². The van der Waals surface area contributed by atoms with Crippen LogP contribution in [0.3, 0.4) is 0 Å². The second kappa shape index (κ2) is 11.5. The molecule has 0 bridgehead atoms. The third-order valence-corrected chi connectivity index (χ3v) is 6.11. The number of carboxylic acid groups (broad SMARTS) is 1. The van der Waals surface area contributed by atoms with Gasteiger partial charge < -0.3 is 24.8 Å². The number of hydrogen-bond donors (Lipinski definition) is 2. The van der Waals surface area contributed by atoms with E-state index in [0.717, 1.165) is 22.3 Å². The van der Waals surface area contributed by atoms with E-state index in [1.54, 1.807) is 6.92 Å². The largest absolute Gasteiger partial charge is 0.481 e. The number of benzene rings is 2. The molecule has 2 atom stereocenters. The molecular weight excluding hydrogens is 452 g/mol. The number of ether oxygens (including phenoxy) is 2. The zero-order valence-electron chi connectivity index (χ0n) is 20.0. The van der Waals surface area contributed by atoms with Gasteiger partial charge in [0.05, 0.1) is 13.0 Å². The van der Waals surface area contributed by atoms with E-state index in [9.17, 15) is 19.2 Å². The number of rotatable bonds is 10. The van der Waals surface area contributed by atoms with Crippen LogP contribution in [-0.2, 0) is 23.9 Å². The van der Waals surface area contributed by atoms with Crippen molar-refractivity contribution in [1.29, 1.82) is 0 Å². The molecule has 0 saturated carbocycles. The number of nitrogens with zero attached hydrogens (tertiary/aromatic N) is 1. The molecule has 0 fully saturated rings. The fourth-order valence-electron chi connectivity index (χ4n) is 4.35. The lowest BCUT2D eigenvalue weighted by Crippen LogP contribution is -2.49. The first-order valence-electron chi connectivity index (χ1n) is 11.4. The molecule has 0 aromatic heterocycles. The van der Waals surface area contributed by atoms with Gasteiger partial charge in [-0.05, 0) is 28.7 Å². The molecule has 9 heteroatoms. The van der Waals surface area contributed by atoms with Gasteiger partial charge in [-0.15, -0.1) is 0 Å². The molecule has 1 aliphatic rings. The molecule has 2 aromatic carbocycles. The Kier molecular flexibility index (Phi) is 8.46. The van der Waals surface area contributed by atoms with Gasteiger partial charge >= 0.3 is 18.0 Å². The third kappa shape index (κ3) is 6.17. The molecule has 9 nitrogen and oxygen atoms in total. The normalized spacial score (nSPS) is 13.7. The van der Waals surface area contributed by atoms with Crippen LogP contribution in [0.15, 0.2) is 48.5 Å². The number of alkyl carbamates (subject to hydrolysis) is 1. The number of hydrogen-bond acceptors (Lipinski definition) is 6. The van der Waals surface area contributed by atoms with Gasteiger partial charge in [0.15, 0.2) is 0 Å². The Morgan fingerprint density at radius 3 is 2.14 bits per heavy atom. The zero-order valence-corrected chi connectivity index (χ0v) is 20.0. The van der Waals surface area contributed by atoms with Crippen LogP contribution < -0.4 is 5.32 Å². The number of fused-ring (bicyclic) bond motifs is 3. The zero-order chi connectivity index (χ0) is 25.5. The van der Waals surface area contributed by atoms with Crippen molar-refractivity contribution in [3.8, 4) is 11.1 Å². The molecule has 0 spiro atoms. The second-order valence-corrected chi connectivity index (χ2v) is 8.60. The Morgan fingerprint density at radius 2 is 1.60 bits per heavy atom. The topological polar surface area (TPSA) is 122 Å². The van der Waals surface area contributed by atoms with E-state index in [1.807, 2.05) is 48.5 Å². The molecule has 0 saturated heterocycles. The van der Waals surface area contributed by atoms with Gasteiger partial charge in [-0.2, -0.15) is 0 Å². The van der Waals surface area contributed by atoms with Gasteiger partial charge in [0, 0.05) is 25.9 Å². The molecule has 2 N–H and O–H groups in total. The van der Waals surface area contributed by atoms with Crippen molar-refractivity contribution >= 4 is 23.9 Å². The van der Waals surface area contributed by atoms with Crippen molar-refractivity contribution < 1.29 is 33.8 Å². The third-order valence-electron chi connectivity index (χ3n) is 6.11. The number of amides is 2. The lowest BCUT2D eigenvalue weighted by Gasteiger charge is -2.26. The first-order chi connectivity index (χ1) is 16.7. The number of esters is 1. The molecule has 186 valence electrons. The minimum Gasteiger partial charge on any atom is -0.481 e. The number of methoxy groups -OCH3 is 1. The lowest BCUT2D eigenvalue weighted by molar-refractivity contribution is -0.146. The number of carboxylic acids is 1. The molecular formula is C26H30N2O7. The summed E-state index contributed by atoms with van der Waals surface area (Å²) in [5.41, 5.74) is 4.29. The van der Waals surface area contributed by atoms with E-state index in [2.05, 4.69) is 10.1 Å². The van der Waals surface area contributed by atoms with Crippen molar-refractivity contribution in [3.63, 3.8) is 0 Å². The number of nitrogens with one attached hydrogen (secondary N) is 1. The Hall–Kier alpha value is -3.88. The van der Waals surface area contributed by atoms with Crippen molar-refractivity contribution in [2.45, 2.75) is 31.7 Å². The van der Waals surface area contributed by atoms with Crippen LogP contribution in [0.5, 0.6) is 0 Å². The highest BCUT2D eigenvalue weighted by molar-refractivity contribution is 5.86. The predicted octanol–water partition coefficient (Wildman–Crippen LogP) is 3.03. The number of carbonyl (C=O) groups excluding carboxylic acids is 3. The van der Waals surface area contributed by atoms with Crippen molar-refractivity contribution in [3.05, 3.63) is 59.7 Å². The SMILES string of the molecule is COC(=O)C(C)CN(C)C(=O)C(CCC(=O)O)NC(=O)OCC1c2ccccc2-c2ccccc21. The minimum absolute atomic E-state index is 0.0570. The summed E-state index contributed by atoms with van der Waals surface area (Å²) >= 11 is 0. The number of aliphatic carboxylic acids is 1. The van der Waals surface area contributed by atoms with Gasteiger partial charge in [0.25, 0.3) is 0 Å². The van der Waals surface area contributed by atoms with Crippen LogP contribution in [0, 0.1) is 5.92 Å². The fraction of sp³-hybridized carbons (Fsp3) is 0.385. The molecule has 3 rings (SSSR count). The fourth-order valence-corrected chi connectivity index (χ4v) is 4.35. The summed E-state index contributed by atoms with van der Waals surface area (Å²) in [5.74, 6) is -2.82. The standard InChI is InChI=1S/C26H30N2O7/c1-16(25(32)34-3)14-28(2)24(31)22(12-13-23(29)30)27-26(33)35-15-21-19-10-6-4-8-17(19)18-9-5-7-11-20(18)21/h4-11,16,21-22H,12-15H2,1-3H3,(H,27,33)(H,29,30). The summed E-state index contributed by atoms with van der Waals surface area (Å²) < 4.78 is 10.2. The van der Waals surface area contributed by atoms with Crippen molar-refractivity contribution in [2.75, 3.05) is 27.3 Å². The highest BCUT2D eigenvalue weighted by atomic mass is 16.5. The van der Waals surface area contributed by atoms with E-state index < -0.39 is 35.9 Å². The molecule has 2 aromatic rings. The quantitative estimate of drug-likeness (QED) is 0.499. The van der Waals surface area contributed by atoms with Gasteiger partial charge in [0.1, 0.15) is 12.6 Å². The van der Waals surface area contributed by atoms with Crippen LogP contribution in [0.2, 0.25) is 0 Å². The van der Waals surface area contributed by atoms with E-state index in [4.69, 9.17) is 9.84 Å². The number of likely N-dealkylation sites (N-methyl/N-ethyl adjacent to an activating group) is 1. The summed E-state index contributed by atoms with van der Waals surface area (Å²) in [5, 5.41) is 11.6. The molecule has 2 amide bonds.